The van der Waals surface area contributed by atoms with Crippen molar-refractivity contribution < 1.29 is 9.47 Å². The van der Waals surface area contributed by atoms with Gasteiger partial charge in [-0.15, -0.1) is 0 Å². The van der Waals surface area contributed by atoms with Gasteiger partial charge >= 0.3 is 0 Å². The Hall–Kier alpha value is -2.44. The summed E-state index contributed by atoms with van der Waals surface area (Å²) in [6.45, 7) is 7.62. The molecule has 1 aromatic carbocycles. The monoisotopic (exact) mass is 319 g/mol. The minimum absolute atomic E-state index is 0.211. The molecule has 0 aliphatic carbocycles. The standard InChI is InChI=1S/C14H19N5O2.C2H6/c1-9-7-17-13(15)19-14(18-9)16-5-4-10-2-3-11-12(6-10)21-8-20-11;1-2/h2-3,6,9H,4-5,7-8H2,1H3,(H4,15,16,17,18,19);1-2H3. The lowest BCUT2D eigenvalue weighted by atomic mass is 10.1. The minimum Gasteiger partial charge on any atom is -0.454 e. The van der Waals surface area contributed by atoms with E-state index < -0.39 is 0 Å². The van der Waals surface area contributed by atoms with Gasteiger partial charge in [0.15, 0.2) is 23.4 Å². The summed E-state index contributed by atoms with van der Waals surface area (Å²) in [5, 5.41) is 6.20. The fourth-order valence-electron chi connectivity index (χ4n) is 2.19. The molecule has 0 spiro atoms. The number of nitrogens with one attached hydrogen (secondary N) is 2. The van der Waals surface area contributed by atoms with Crippen molar-refractivity contribution in [3.8, 4) is 11.5 Å². The number of benzene rings is 1. The van der Waals surface area contributed by atoms with E-state index in [1.165, 1.54) is 0 Å². The molecule has 0 radical (unpaired) electrons. The molecule has 4 N–H and O–H groups in total. The number of aliphatic imine (C=N–C) groups is 2. The van der Waals surface area contributed by atoms with Crippen molar-refractivity contribution in [3.05, 3.63) is 23.8 Å². The van der Waals surface area contributed by atoms with Crippen LogP contribution < -0.4 is 25.8 Å². The topological polar surface area (TPSA) is 93.3 Å². The second-order valence-electron chi connectivity index (χ2n) is 5.06. The molecule has 23 heavy (non-hydrogen) atoms. The van der Waals surface area contributed by atoms with E-state index in [0.717, 1.165) is 23.5 Å². The maximum Gasteiger partial charge on any atom is 0.231 e. The Kier molecular flexibility index (Phi) is 6.08. The first-order valence-electron chi connectivity index (χ1n) is 7.97. The van der Waals surface area contributed by atoms with Gasteiger partial charge in [-0.2, -0.15) is 0 Å². The van der Waals surface area contributed by atoms with Crippen LogP contribution in [-0.2, 0) is 6.42 Å². The van der Waals surface area contributed by atoms with E-state index in [9.17, 15) is 0 Å². The van der Waals surface area contributed by atoms with Crippen molar-refractivity contribution in [1.82, 2.24) is 10.6 Å². The van der Waals surface area contributed by atoms with E-state index in [0.29, 0.717) is 31.8 Å². The molecule has 7 nitrogen and oxygen atoms in total. The minimum atomic E-state index is 0.211. The highest BCUT2D eigenvalue weighted by Gasteiger charge is 2.13. The highest BCUT2D eigenvalue weighted by molar-refractivity contribution is 5.98. The van der Waals surface area contributed by atoms with Crippen LogP contribution in [0.5, 0.6) is 11.5 Å². The summed E-state index contributed by atoms with van der Waals surface area (Å²) in [6.07, 6.45) is 0.814. The number of guanidine groups is 2. The van der Waals surface area contributed by atoms with Crippen LogP contribution in [0.3, 0.4) is 0 Å². The van der Waals surface area contributed by atoms with Crippen molar-refractivity contribution >= 4 is 11.9 Å². The average Bonchev–Trinajstić information content (AvgIpc) is 2.96. The molecule has 0 amide bonds. The number of rotatable bonds is 3. The van der Waals surface area contributed by atoms with E-state index in [-0.39, 0.29) is 6.04 Å². The fourth-order valence-corrected chi connectivity index (χ4v) is 2.19. The average molecular weight is 319 g/mol. The second kappa shape index (κ2) is 8.26. The maximum atomic E-state index is 5.72. The number of ether oxygens (including phenoxy) is 2. The highest BCUT2D eigenvalue weighted by Crippen LogP contribution is 2.32. The van der Waals surface area contributed by atoms with E-state index in [1.54, 1.807) is 0 Å². The molecule has 0 fully saturated rings. The van der Waals surface area contributed by atoms with Gasteiger partial charge in [0.25, 0.3) is 0 Å². The molecule has 0 saturated carbocycles. The van der Waals surface area contributed by atoms with Gasteiger partial charge in [0.1, 0.15) is 0 Å². The third-order valence-electron chi connectivity index (χ3n) is 3.27. The Morgan fingerprint density at radius 1 is 1.30 bits per heavy atom. The molecule has 1 atom stereocenters. The Balaban J connectivity index is 0.000000924. The SMILES string of the molecule is CC.CC1CN=C(N)NC(=NCCc2ccc3c(c2)OCO3)N1. The van der Waals surface area contributed by atoms with Gasteiger partial charge in [0, 0.05) is 12.6 Å². The van der Waals surface area contributed by atoms with Gasteiger partial charge in [-0.05, 0) is 31.0 Å². The summed E-state index contributed by atoms with van der Waals surface area (Å²) in [6, 6.07) is 6.16. The lowest BCUT2D eigenvalue weighted by Gasteiger charge is -2.11. The zero-order valence-electron chi connectivity index (χ0n) is 13.9. The number of fused-ring (bicyclic) bond motifs is 1. The van der Waals surface area contributed by atoms with E-state index >= 15 is 0 Å². The van der Waals surface area contributed by atoms with Crippen LogP contribution >= 0.6 is 0 Å². The summed E-state index contributed by atoms with van der Waals surface area (Å²) in [7, 11) is 0. The third kappa shape index (κ3) is 4.77. The molecule has 2 aliphatic rings. The molecule has 0 bridgehead atoms. The molecule has 1 unspecified atom stereocenters. The number of hydrogen-bond acceptors (Lipinski definition) is 5. The van der Waals surface area contributed by atoms with Crippen LogP contribution in [0.15, 0.2) is 28.2 Å². The van der Waals surface area contributed by atoms with Crippen LogP contribution in [0.4, 0.5) is 0 Å². The second-order valence-corrected chi connectivity index (χ2v) is 5.06. The molecule has 7 heteroatoms. The van der Waals surface area contributed by atoms with Gasteiger partial charge in [0.05, 0.1) is 6.54 Å². The van der Waals surface area contributed by atoms with E-state index in [2.05, 4.69) is 20.6 Å². The van der Waals surface area contributed by atoms with Crippen LogP contribution in [0.2, 0.25) is 0 Å². The highest BCUT2D eigenvalue weighted by atomic mass is 16.7. The zero-order chi connectivity index (χ0) is 16.7. The quantitative estimate of drug-likeness (QED) is 0.779. The Morgan fingerprint density at radius 2 is 2.09 bits per heavy atom. The zero-order valence-corrected chi connectivity index (χ0v) is 13.9. The normalized spacial score (nSPS) is 20.6. The van der Waals surface area contributed by atoms with Gasteiger partial charge < -0.3 is 20.5 Å². The molecule has 3 rings (SSSR count). The van der Waals surface area contributed by atoms with Gasteiger partial charge in [-0.25, -0.2) is 0 Å². The summed E-state index contributed by atoms with van der Waals surface area (Å²) < 4.78 is 10.7. The number of hydrogen-bond donors (Lipinski definition) is 3. The number of nitrogens with zero attached hydrogens (tertiary/aromatic N) is 2. The summed E-state index contributed by atoms with van der Waals surface area (Å²) in [5.74, 6) is 2.67. The van der Waals surface area contributed by atoms with Crippen molar-refractivity contribution in [2.24, 2.45) is 15.7 Å². The predicted octanol–water partition coefficient (Wildman–Crippen LogP) is 1.24. The molecule has 126 valence electrons. The predicted molar refractivity (Wildman–Crippen MR) is 92.1 cm³/mol. The molecule has 2 heterocycles. The Labute approximate surface area is 137 Å². The van der Waals surface area contributed by atoms with Gasteiger partial charge in [0.2, 0.25) is 6.79 Å². The molecule has 2 aliphatic heterocycles. The summed E-state index contributed by atoms with van der Waals surface area (Å²) >= 11 is 0. The van der Waals surface area contributed by atoms with Crippen LogP contribution in [-0.4, -0.2) is 37.8 Å². The van der Waals surface area contributed by atoms with Crippen molar-refractivity contribution in [2.45, 2.75) is 33.2 Å². The molecule has 1 aromatic rings. The van der Waals surface area contributed by atoms with Crippen LogP contribution in [0.25, 0.3) is 0 Å². The van der Waals surface area contributed by atoms with Crippen molar-refractivity contribution in [1.29, 1.82) is 0 Å². The Morgan fingerprint density at radius 3 is 2.91 bits per heavy atom. The lowest BCUT2D eigenvalue weighted by molar-refractivity contribution is 0.174. The van der Waals surface area contributed by atoms with Crippen LogP contribution in [0, 0.1) is 0 Å². The van der Waals surface area contributed by atoms with Crippen molar-refractivity contribution in [3.63, 3.8) is 0 Å². The molecule has 0 aromatic heterocycles. The smallest absolute Gasteiger partial charge is 0.231 e. The van der Waals surface area contributed by atoms with Crippen molar-refractivity contribution in [2.75, 3.05) is 19.9 Å². The molecular formula is C16H25N5O2. The van der Waals surface area contributed by atoms with Crippen LogP contribution in [0.1, 0.15) is 26.3 Å². The summed E-state index contributed by atoms with van der Waals surface area (Å²) in [4.78, 5) is 8.66. The summed E-state index contributed by atoms with van der Waals surface area (Å²) in [5.41, 5.74) is 6.88. The largest absolute Gasteiger partial charge is 0.454 e. The van der Waals surface area contributed by atoms with Gasteiger partial charge in [-0.1, -0.05) is 19.9 Å². The van der Waals surface area contributed by atoms with Gasteiger partial charge in [-0.3, -0.25) is 15.3 Å². The molecular weight excluding hydrogens is 294 g/mol. The first-order valence-corrected chi connectivity index (χ1v) is 7.97. The van der Waals surface area contributed by atoms with E-state index in [4.69, 9.17) is 15.2 Å². The third-order valence-corrected chi connectivity index (χ3v) is 3.27. The fraction of sp³-hybridized carbons (Fsp3) is 0.500. The Bertz CT molecular complexity index is 586. The van der Waals surface area contributed by atoms with E-state index in [1.807, 2.05) is 39.0 Å². The first kappa shape index (κ1) is 16.9. The number of nitrogens with two attached hydrogens (primary N) is 1. The first-order chi connectivity index (χ1) is 11.2. The lowest BCUT2D eigenvalue weighted by Crippen LogP contribution is -2.45. The maximum absolute atomic E-state index is 5.72. The molecule has 0 saturated heterocycles.